The SMILES string of the molecule is O=C(NC(CCCNc1ncc[nH]1)(NS(=O)(=O)c1cccc2ccccc12)C(=O)O)C1=NOCC1. The Balaban J connectivity index is 1.64. The molecule has 2 aromatic carbocycles. The third-order valence-corrected chi connectivity index (χ3v) is 6.98. The summed E-state index contributed by atoms with van der Waals surface area (Å²) in [5.74, 6) is -1.92. The summed E-state index contributed by atoms with van der Waals surface area (Å²) in [4.78, 5) is 36.9. The lowest BCUT2D eigenvalue weighted by molar-refractivity contribution is -0.147. The van der Waals surface area contributed by atoms with Crippen LogP contribution in [0.4, 0.5) is 5.95 Å². The highest BCUT2D eigenvalue weighted by atomic mass is 32.2. The highest BCUT2D eigenvalue weighted by molar-refractivity contribution is 7.89. The minimum Gasteiger partial charge on any atom is -0.478 e. The van der Waals surface area contributed by atoms with Crippen molar-refractivity contribution >= 4 is 44.3 Å². The monoisotopic (exact) mass is 500 g/mol. The van der Waals surface area contributed by atoms with Crippen molar-refractivity contribution in [1.29, 1.82) is 0 Å². The summed E-state index contributed by atoms with van der Waals surface area (Å²) in [6, 6.07) is 11.5. The Kier molecular flexibility index (Phi) is 6.98. The molecule has 13 heteroatoms. The smallest absolute Gasteiger partial charge is 0.345 e. The number of carbonyl (C=O) groups is 2. The number of nitrogens with one attached hydrogen (secondary N) is 4. The van der Waals surface area contributed by atoms with Crippen LogP contribution in [0, 0.1) is 0 Å². The zero-order valence-corrected chi connectivity index (χ0v) is 19.3. The molecule has 0 radical (unpaired) electrons. The first-order chi connectivity index (χ1) is 16.8. The molecule has 1 aliphatic heterocycles. The number of hydrogen-bond donors (Lipinski definition) is 5. The van der Waals surface area contributed by atoms with Crippen molar-refractivity contribution in [2.24, 2.45) is 5.16 Å². The van der Waals surface area contributed by atoms with Gasteiger partial charge in [0, 0.05) is 30.7 Å². The van der Waals surface area contributed by atoms with Gasteiger partial charge >= 0.3 is 5.97 Å². The normalized spacial score (nSPS) is 15.1. The Morgan fingerprint density at radius 1 is 1.17 bits per heavy atom. The summed E-state index contributed by atoms with van der Waals surface area (Å²) in [6.07, 6.45) is 3.26. The van der Waals surface area contributed by atoms with E-state index in [1.807, 2.05) is 0 Å². The summed E-state index contributed by atoms with van der Waals surface area (Å²) in [7, 11) is -4.39. The number of carbonyl (C=O) groups excluding carboxylic acids is 1. The van der Waals surface area contributed by atoms with Gasteiger partial charge in [-0.15, -0.1) is 0 Å². The molecule has 1 unspecified atom stereocenters. The number of imidazole rings is 1. The molecular weight excluding hydrogens is 476 g/mol. The van der Waals surface area contributed by atoms with Crippen molar-refractivity contribution in [2.45, 2.75) is 29.8 Å². The highest BCUT2D eigenvalue weighted by Gasteiger charge is 2.45. The van der Waals surface area contributed by atoms with Gasteiger partial charge in [0.15, 0.2) is 5.95 Å². The molecule has 3 aromatic rings. The lowest BCUT2D eigenvalue weighted by atomic mass is 10.0. The van der Waals surface area contributed by atoms with E-state index in [1.54, 1.807) is 48.8 Å². The van der Waals surface area contributed by atoms with Gasteiger partial charge in [0.1, 0.15) is 12.3 Å². The summed E-state index contributed by atoms with van der Waals surface area (Å²) in [5.41, 5.74) is -2.36. The van der Waals surface area contributed by atoms with Gasteiger partial charge in [-0.3, -0.25) is 4.79 Å². The average Bonchev–Trinajstić information content (AvgIpc) is 3.55. The predicted molar refractivity (Wildman–Crippen MR) is 127 cm³/mol. The second-order valence-corrected chi connectivity index (χ2v) is 9.49. The molecule has 1 amide bonds. The standard InChI is InChI=1S/C22H24N6O6S/c29-19(17-9-14-34-27-17)26-22(20(30)31,10-4-11-23-21-24-12-13-25-21)28-35(32,33)18-8-3-6-15-5-1-2-7-16(15)18/h1-3,5-8,12-13,28H,4,9-11,14H2,(H,26,29)(H,30,31)(H2,23,24,25). The van der Waals surface area contributed by atoms with Gasteiger partial charge < -0.3 is 25.6 Å². The summed E-state index contributed by atoms with van der Waals surface area (Å²) in [5, 5.41) is 20.2. The van der Waals surface area contributed by atoms with Crippen molar-refractivity contribution < 1.29 is 28.0 Å². The lowest BCUT2D eigenvalue weighted by Crippen LogP contribution is -2.66. The number of aliphatic carboxylic acids is 1. The van der Waals surface area contributed by atoms with Crippen LogP contribution in [0.5, 0.6) is 0 Å². The number of nitrogens with zero attached hydrogens (tertiary/aromatic N) is 2. The van der Waals surface area contributed by atoms with E-state index in [0.717, 1.165) is 0 Å². The molecule has 12 nitrogen and oxygen atoms in total. The van der Waals surface area contributed by atoms with Crippen molar-refractivity contribution in [1.82, 2.24) is 20.0 Å². The Labute approximate surface area is 200 Å². The zero-order chi connectivity index (χ0) is 24.9. The maximum Gasteiger partial charge on any atom is 0.345 e. The number of sulfonamides is 1. The number of amides is 1. The van der Waals surface area contributed by atoms with Gasteiger partial charge in [0.05, 0.1) is 4.90 Å². The molecule has 1 aliphatic rings. The van der Waals surface area contributed by atoms with Crippen LogP contribution in [-0.4, -0.2) is 59.9 Å². The largest absolute Gasteiger partial charge is 0.478 e. The van der Waals surface area contributed by atoms with E-state index < -0.39 is 27.6 Å². The zero-order valence-electron chi connectivity index (χ0n) is 18.5. The number of carboxylic acids is 1. The second kappa shape index (κ2) is 10.1. The van der Waals surface area contributed by atoms with Crippen molar-refractivity contribution in [2.75, 3.05) is 18.5 Å². The Hall–Kier alpha value is -3.97. The summed E-state index contributed by atoms with van der Waals surface area (Å²) < 4.78 is 29.2. The number of hydrogen-bond acceptors (Lipinski definition) is 8. The summed E-state index contributed by atoms with van der Waals surface area (Å²) in [6.45, 7) is 0.441. The number of oxime groups is 1. The number of H-pyrrole nitrogens is 1. The Morgan fingerprint density at radius 3 is 2.69 bits per heavy atom. The lowest BCUT2D eigenvalue weighted by Gasteiger charge is -2.31. The Morgan fingerprint density at radius 2 is 1.97 bits per heavy atom. The third kappa shape index (κ3) is 5.41. The fraction of sp³-hybridized carbons (Fsp3) is 0.273. The minimum absolute atomic E-state index is 0.0197. The van der Waals surface area contributed by atoms with Gasteiger partial charge in [-0.1, -0.05) is 41.6 Å². The van der Waals surface area contributed by atoms with E-state index >= 15 is 0 Å². The molecule has 0 aliphatic carbocycles. The van der Waals surface area contributed by atoms with Crippen molar-refractivity contribution in [3.8, 4) is 0 Å². The van der Waals surface area contributed by atoms with Crippen LogP contribution in [0.2, 0.25) is 0 Å². The van der Waals surface area contributed by atoms with Crippen LogP contribution in [0.1, 0.15) is 19.3 Å². The maximum atomic E-state index is 13.5. The molecule has 0 spiro atoms. The van der Waals surface area contributed by atoms with E-state index in [1.165, 1.54) is 6.07 Å². The predicted octanol–water partition coefficient (Wildman–Crippen LogP) is 1.41. The van der Waals surface area contributed by atoms with E-state index in [9.17, 15) is 23.1 Å². The number of benzene rings is 2. The number of anilines is 1. The van der Waals surface area contributed by atoms with Crippen LogP contribution in [0.25, 0.3) is 10.8 Å². The minimum atomic E-state index is -4.39. The van der Waals surface area contributed by atoms with Crippen LogP contribution >= 0.6 is 0 Å². The first-order valence-corrected chi connectivity index (χ1v) is 12.3. The van der Waals surface area contributed by atoms with E-state index in [2.05, 4.69) is 30.5 Å². The maximum absolute atomic E-state index is 13.5. The molecule has 0 bridgehead atoms. The highest BCUT2D eigenvalue weighted by Crippen LogP contribution is 2.25. The number of fused-ring (bicyclic) bond motifs is 1. The molecule has 0 saturated heterocycles. The van der Waals surface area contributed by atoms with Crippen LogP contribution < -0.4 is 15.4 Å². The quantitative estimate of drug-likeness (QED) is 0.194. The fourth-order valence-corrected chi connectivity index (χ4v) is 5.25. The molecule has 35 heavy (non-hydrogen) atoms. The van der Waals surface area contributed by atoms with Crippen molar-refractivity contribution in [3.05, 3.63) is 54.9 Å². The number of aromatic nitrogens is 2. The number of rotatable bonds is 11. The molecule has 0 saturated carbocycles. The fourth-order valence-electron chi connectivity index (χ4n) is 3.71. The second-order valence-electron chi connectivity index (χ2n) is 7.84. The average molecular weight is 501 g/mol. The number of aromatic amines is 1. The van der Waals surface area contributed by atoms with Gasteiger partial charge in [-0.25, -0.2) is 18.2 Å². The van der Waals surface area contributed by atoms with E-state index in [-0.39, 0.29) is 43.0 Å². The Bertz CT molecular complexity index is 1350. The topological polar surface area (TPSA) is 175 Å². The van der Waals surface area contributed by atoms with Crippen molar-refractivity contribution in [3.63, 3.8) is 0 Å². The molecule has 5 N–H and O–H groups in total. The van der Waals surface area contributed by atoms with Crippen LogP contribution in [0.3, 0.4) is 0 Å². The van der Waals surface area contributed by atoms with Gasteiger partial charge in [-0.05, 0) is 24.3 Å². The first-order valence-electron chi connectivity index (χ1n) is 10.8. The third-order valence-electron chi connectivity index (χ3n) is 5.43. The molecule has 2 heterocycles. The van der Waals surface area contributed by atoms with Crippen LogP contribution in [0.15, 0.2) is 64.9 Å². The van der Waals surface area contributed by atoms with Gasteiger partial charge in [0.25, 0.3) is 5.91 Å². The molecule has 1 aromatic heterocycles. The first kappa shape index (κ1) is 24.2. The van der Waals surface area contributed by atoms with E-state index in [0.29, 0.717) is 16.7 Å². The summed E-state index contributed by atoms with van der Waals surface area (Å²) >= 11 is 0. The van der Waals surface area contributed by atoms with Gasteiger partial charge in [-0.2, -0.15) is 4.72 Å². The van der Waals surface area contributed by atoms with E-state index in [4.69, 9.17) is 4.84 Å². The van der Waals surface area contributed by atoms with Crippen LogP contribution in [-0.2, 0) is 24.4 Å². The van der Waals surface area contributed by atoms with Gasteiger partial charge in [0.2, 0.25) is 15.7 Å². The molecule has 1 atom stereocenters. The molecule has 0 fully saturated rings. The number of carboxylic acid groups (broad SMARTS) is 1. The molecule has 4 rings (SSSR count). The molecule has 184 valence electrons. The molecular formula is C22H24N6O6S.